The summed E-state index contributed by atoms with van der Waals surface area (Å²) in [5.41, 5.74) is 0.897. The number of nitrogens with zero attached hydrogens (tertiary/aromatic N) is 1. The number of hydrogen-bond donors (Lipinski definition) is 1. The lowest BCUT2D eigenvalue weighted by Gasteiger charge is -2.22. The number of nitrogens with one attached hydrogen (secondary N) is 1. The van der Waals surface area contributed by atoms with E-state index in [0.29, 0.717) is 21.4 Å². The summed E-state index contributed by atoms with van der Waals surface area (Å²) in [7, 11) is -3.50. The molecule has 0 aliphatic heterocycles. The molecule has 0 heterocycles. The zero-order chi connectivity index (χ0) is 17.7. The topological polar surface area (TPSA) is 66.5 Å². The van der Waals surface area contributed by atoms with Gasteiger partial charge in [0.1, 0.15) is 0 Å². The summed E-state index contributed by atoms with van der Waals surface area (Å²) in [6.07, 6.45) is 1.08. The quantitative estimate of drug-likeness (QED) is 0.820. The lowest BCUT2D eigenvalue weighted by atomic mass is 10.3. The van der Waals surface area contributed by atoms with Crippen LogP contribution in [0.1, 0.15) is 6.42 Å². The van der Waals surface area contributed by atoms with Crippen LogP contribution in [0, 0.1) is 0 Å². The molecule has 0 aliphatic carbocycles. The largest absolute Gasteiger partial charge is 0.325 e. The molecule has 2 aromatic rings. The van der Waals surface area contributed by atoms with Crippen LogP contribution in [0.5, 0.6) is 0 Å². The van der Waals surface area contributed by atoms with E-state index in [2.05, 4.69) is 5.32 Å². The van der Waals surface area contributed by atoms with Crippen LogP contribution < -0.4 is 9.62 Å². The van der Waals surface area contributed by atoms with Gasteiger partial charge in [-0.15, -0.1) is 0 Å². The third kappa shape index (κ3) is 5.12. The van der Waals surface area contributed by atoms with Crippen molar-refractivity contribution in [3.63, 3.8) is 0 Å². The van der Waals surface area contributed by atoms with Crippen LogP contribution >= 0.6 is 23.2 Å². The van der Waals surface area contributed by atoms with Crippen molar-refractivity contribution < 1.29 is 13.2 Å². The van der Waals surface area contributed by atoms with Gasteiger partial charge in [-0.25, -0.2) is 8.42 Å². The molecule has 0 aromatic heterocycles. The van der Waals surface area contributed by atoms with E-state index in [4.69, 9.17) is 23.2 Å². The van der Waals surface area contributed by atoms with E-state index in [9.17, 15) is 13.2 Å². The molecule has 2 rings (SSSR count). The molecule has 0 spiro atoms. The highest BCUT2D eigenvalue weighted by molar-refractivity contribution is 7.92. The van der Waals surface area contributed by atoms with E-state index in [1.54, 1.807) is 42.5 Å². The van der Waals surface area contributed by atoms with E-state index in [-0.39, 0.29) is 18.9 Å². The molecule has 0 atom stereocenters. The lowest BCUT2D eigenvalue weighted by Crippen LogP contribution is -2.33. The van der Waals surface area contributed by atoms with Gasteiger partial charge in [0.05, 0.1) is 22.7 Å². The average Bonchev–Trinajstić information content (AvgIpc) is 2.51. The zero-order valence-corrected chi connectivity index (χ0v) is 15.2. The van der Waals surface area contributed by atoms with Gasteiger partial charge in [-0.2, -0.15) is 0 Å². The Morgan fingerprint density at radius 2 is 1.79 bits per heavy atom. The first-order valence-corrected chi connectivity index (χ1v) is 9.65. The van der Waals surface area contributed by atoms with Gasteiger partial charge < -0.3 is 5.32 Å². The van der Waals surface area contributed by atoms with Crippen LogP contribution in [0.3, 0.4) is 0 Å². The second-order valence-corrected chi connectivity index (χ2v) is 7.84. The summed E-state index contributed by atoms with van der Waals surface area (Å²) in [6.45, 7) is 0.0207. The number of carbonyl (C=O) groups is 1. The molecule has 0 aliphatic rings. The smallest absolute Gasteiger partial charge is 0.232 e. The number of halogens is 2. The number of benzene rings is 2. The van der Waals surface area contributed by atoms with Crippen LogP contribution in [0.2, 0.25) is 10.0 Å². The number of carbonyl (C=O) groups excluding carboxylic acids is 1. The van der Waals surface area contributed by atoms with Crippen molar-refractivity contribution in [1.29, 1.82) is 0 Å². The molecule has 0 saturated heterocycles. The molecule has 1 amide bonds. The fourth-order valence-electron chi connectivity index (χ4n) is 2.09. The summed E-state index contributed by atoms with van der Waals surface area (Å²) >= 11 is 11.9. The molecule has 8 heteroatoms. The van der Waals surface area contributed by atoms with Gasteiger partial charge in [-0.3, -0.25) is 9.10 Å². The SMILES string of the molecule is CS(=O)(=O)N(CCC(=O)Nc1cc(Cl)ccc1Cl)c1ccccc1. The first-order chi connectivity index (χ1) is 11.3. The summed E-state index contributed by atoms with van der Waals surface area (Å²) in [6, 6.07) is 13.3. The molecule has 24 heavy (non-hydrogen) atoms. The molecule has 2 aromatic carbocycles. The van der Waals surface area contributed by atoms with Crippen molar-refractivity contribution in [2.45, 2.75) is 6.42 Å². The number of hydrogen-bond acceptors (Lipinski definition) is 3. The van der Waals surface area contributed by atoms with Gasteiger partial charge in [0.2, 0.25) is 15.9 Å². The molecule has 5 nitrogen and oxygen atoms in total. The Balaban J connectivity index is 2.07. The van der Waals surface area contributed by atoms with E-state index in [0.717, 1.165) is 6.26 Å². The Hall–Kier alpha value is -1.76. The minimum absolute atomic E-state index is 0.0207. The second kappa shape index (κ2) is 7.88. The van der Waals surface area contributed by atoms with Crippen LogP contribution in [-0.4, -0.2) is 27.1 Å². The summed E-state index contributed by atoms with van der Waals surface area (Å²) in [4.78, 5) is 12.1. The lowest BCUT2D eigenvalue weighted by molar-refractivity contribution is -0.116. The predicted octanol–water partition coefficient (Wildman–Crippen LogP) is 3.79. The predicted molar refractivity (Wildman–Crippen MR) is 98.3 cm³/mol. The Labute approximate surface area is 151 Å². The summed E-state index contributed by atoms with van der Waals surface area (Å²) in [5, 5.41) is 3.43. The third-order valence-electron chi connectivity index (χ3n) is 3.19. The standard InChI is InChI=1S/C16H16Cl2N2O3S/c1-24(22,23)20(13-5-3-2-4-6-13)10-9-16(21)19-15-11-12(17)7-8-14(15)18/h2-8,11H,9-10H2,1H3,(H,19,21). The van der Waals surface area contributed by atoms with Crippen molar-refractivity contribution in [2.75, 3.05) is 22.4 Å². The van der Waals surface area contributed by atoms with Crippen LogP contribution in [0.25, 0.3) is 0 Å². The maximum atomic E-state index is 12.1. The fourth-order valence-corrected chi connectivity index (χ4v) is 3.35. The monoisotopic (exact) mass is 386 g/mol. The van der Waals surface area contributed by atoms with Gasteiger partial charge in [0.15, 0.2) is 0 Å². The van der Waals surface area contributed by atoms with Crippen LogP contribution in [0.15, 0.2) is 48.5 Å². The first kappa shape index (κ1) is 18.6. The Morgan fingerprint density at radius 1 is 1.12 bits per heavy atom. The second-order valence-electron chi connectivity index (χ2n) is 5.09. The van der Waals surface area contributed by atoms with Gasteiger partial charge >= 0.3 is 0 Å². The number of anilines is 2. The Bertz CT molecular complexity index is 826. The number of rotatable bonds is 6. The van der Waals surface area contributed by atoms with Crippen molar-refractivity contribution >= 4 is 50.5 Å². The van der Waals surface area contributed by atoms with Gasteiger partial charge in [-0.05, 0) is 30.3 Å². The number of amides is 1. The van der Waals surface area contributed by atoms with Crippen LogP contribution in [-0.2, 0) is 14.8 Å². The zero-order valence-electron chi connectivity index (χ0n) is 12.9. The molecular formula is C16H16Cl2N2O3S. The summed E-state index contributed by atoms with van der Waals surface area (Å²) in [5.74, 6) is -0.358. The Kier molecular flexibility index (Phi) is 6.10. The van der Waals surface area contributed by atoms with E-state index in [1.165, 1.54) is 10.4 Å². The molecule has 128 valence electrons. The highest BCUT2D eigenvalue weighted by atomic mass is 35.5. The number of para-hydroxylation sites is 1. The van der Waals surface area contributed by atoms with Crippen LogP contribution in [0.4, 0.5) is 11.4 Å². The highest BCUT2D eigenvalue weighted by Gasteiger charge is 2.18. The number of sulfonamides is 1. The molecule has 0 bridgehead atoms. The van der Waals surface area contributed by atoms with Crippen molar-refractivity contribution in [3.8, 4) is 0 Å². The Morgan fingerprint density at radius 3 is 2.42 bits per heavy atom. The third-order valence-corrected chi connectivity index (χ3v) is 4.95. The van der Waals surface area contributed by atoms with Gasteiger partial charge in [0, 0.05) is 18.0 Å². The molecular weight excluding hydrogens is 371 g/mol. The highest BCUT2D eigenvalue weighted by Crippen LogP contribution is 2.25. The van der Waals surface area contributed by atoms with Crippen molar-refractivity contribution in [3.05, 3.63) is 58.6 Å². The van der Waals surface area contributed by atoms with Gasteiger partial charge in [-0.1, -0.05) is 41.4 Å². The maximum Gasteiger partial charge on any atom is 0.232 e. The van der Waals surface area contributed by atoms with E-state index >= 15 is 0 Å². The van der Waals surface area contributed by atoms with Crippen molar-refractivity contribution in [1.82, 2.24) is 0 Å². The molecule has 0 fully saturated rings. The van der Waals surface area contributed by atoms with E-state index in [1.807, 2.05) is 0 Å². The van der Waals surface area contributed by atoms with E-state index < -0.39 is 10.0 Å². The minimum atomic E-state index is -3.50. The summed E-state index contributed by atoms with van der Waals surface area (Å²) < 4.78 is 25.1. The normalized spacial score (nSPS) is 11.1. The minimum Gasteiger partial charge on any atom is -0.325 e. The molecule has 0 unspecified atom stereocenters. The fraction of sp³-hybridized carbons (Fsp3) is 0.188. The first-order valence-electron chi connectivity index (χ1n) is 7.05. The van der Waals surface area contributed by atoms with Crippen molar-refractivity contribution in [2.24, 2.45) is 0 Å². The molecule has 0 radical (unpaired) electrons. The maximum absolute atomic E-state index is 12.1. The molecule has 0 saturated carbocycles. The van der Waals surface area contributed by atoms with Gasteiger partial charge in [0.25, 0.3) is 0 Å². The molecule has 1 N–H and O–H groups in total. The average molecular weight is 387 g/mol.